The minimum absolute atomic E-state index is 0.149. The van der Waals surface area contributed by atoms with E-state index in [1.165, 1.54) is 0 Å². The topological polar surface area (TPSA) is 59.1 Å². The van der Waals surface area contributed by atoms with Gasteiger partial charge in [-0.1, -0.05) is 0 Å². The van der Waals surface area contributed by atoms with Gasteiger partial charge in [0.2, 0.25) is 0 Å². The predicted octanol–water partition coefficient (Wildman–Crippen LogP) is 1.29. The van der Waals surface area contributed by atoms with Gasteiger partial charge in [0, 0.05) is 18.1 Å². The normalized spacial score (nSPS) is 27.8. The number of nitrogen functional groups attached to an aromatic ring is 1. The first kappa shape index (κ1) is 8.51. The Morgan fingerprint density at radius 2 is 2.31 bits per heavy atom. The van der Waals surface area contributed by atoms with Gasteiger partial charge < -0.3 is 10.8 Å². The van der Waals surface area contributed by atoms with Crippen molar-refractivity contribution in [2.75, 3.05) is 5.73 Å². The highest BCUT2D eigenvalue weighted by atomic mass is 16.3. The fourth-order valence-corrected chi connectivity index (χ4v) is 2.00. The van der Waals surface area contributed by atoms with E-state index in [-0.39, 0.29) is 6.10 Å². The molecule has 3 heteroatoms. The molecule has 2 unspecified atom stereocenters. The molecule has 1 aliphatic carbocycles. The molecule has 3 N–H and O–H groups in total. The molecule has 1 aliphatic rings. The molecule has 0 saturated heterocycles. The molecule has 0 aliphatic heterocycles. The van der Waals surface area contributed by atoms with Crippen molar-refractivity contribution in [2.45, 2.75) is 31.3 Å². The van der Waals surface area contributed by atoms with Crippen molar-refractivity contribution in [1.82, 2.24) is 4.98 Å². The van der Waals surface area contributed by atoms with E-state index in [0.29, 0.717) is 5.92 Å². The SMILES string of the molecule is Nc1ccncc1C1CCC(O)C1. The summed E-state index contributed by atoms with van der Waals surface area (Å²) in [6.07, 6.45) is 6.11. The summed E-state index contributed by atoms with van der Waals surface area (Å²) in [5.74, 6) is 0.406. The molecular weight excluding hydrogens is 164 g/mol. The lowest BCUT2D eigenvalue weighted by atomic mass is 9.98. The fraction of sp³-hybridized carbons (Fsp3) is 0.500. The molecule has 2 rings (SSSR count). The smallest absolute Gasteiger partial charge is 0.0546 e. The first-order valence-electron chi connectivity index (χ1n) is 4.65. The van der Waals surface area contributed by atoms with Gasteiger partial charge in [-0.2, -0.15) is 0 Å². The number of aliphatic hydroxyl groups excluding tert-OH is 1. The molecule has 1 heterocycles. The Hall–Kier alpha value is -1.09. The molecule has 70 valence electrons. The monoisotopic (exact) mass is 178 g/mol. The molecule has 0 radical (unpaired) electrons. The summed E-state index contributed by atoms with van der Waals surface area (Å²) in [6.45, 7) is 0. The van der Waals surface area contributed by atoms with Crippen LogP contribution in [0.4, 0.5) is 5.69 Å². The van der Waals surface area contributed by atoms with Crippen molar-refractivity contribution in [3.8, 4) is 0 Å². The Morgan fingerprint density at radius 3 is 2.92 bits per heavy atom. The Bertz CT molecular complexity index is 301. The van der Waals surface area contributed by atoms with Crippen LogP contribution in [0.2, 0.25) is 0 Å². The third kappa shape index (κ3) is 1.65. The van der Waals surface area contributed by atoms with E-state index in [0.717, 1.165) is 30.5 Å². The zero-order valence-corrected chi connectivity index (χ0v) is 7.48. The van der Waals surface area contributed by atoms with Gasteiger partial charge in [0.25, 0.3) is 0 Å². The number of hydrogen-bond acceptors (Lipinski definition) is 3. The van der Waals surface area contributed by atoms with Crippen molar-refractivity contribution in [1.29, 1.82) is 0 Å². The Morgan fingerprint density at radius 1 is 1.46 bits per heavy atom. The number of hydrogen-bond donors (Lipinski definition) is 2. The number of anilines is 1. The van der Waals surface area contributed by atoms with E-state index in [1.807, 2.05) is 12.3 Å². The van der Waals surface area contributed by atoms with Crippen LogP contribution in [0.3, 0.4) is 0 Å². The highest BCUT2D eigenvalue weighted by Gasteiger charge is 2.25. The third-order valence-electron chi connectivity index (χ3n) is 2.73. The Balaban J connectivity index is 2.21. The Labute approximate surface area is 77.6 Å². The van der Waals surface area contributed by atoms with Crippen molar-refractivity contribution < 1.29 is 5.11 Å². The molecule has 1 aromatic rings. The van der Waals surface area contributed by atoms with Crippen LogP contribution in [0.25, 0.3) is 0 Å². The van der Waals surface area contributed by atoms with E-state index in [1.54, 1.807) is 6.20 Å². The summed E-state index contributed by atoms with van der Waals surface area (Å²) in [7, 11) is 0. The van der Waals surface area contributed by atoms with Crippen molar-refractivity contribution in [2.24, 2.45) is 0 Å². The first-order chi connectivity index (χ1) is 6.27. The highest BCUT2D eigenvalue weighted by molar-refractivity contribution is 5.46. The predicted molar refractivity (Wildman–Crippen MR) is 51.2 cm³/mol. The van der Waals surface area contributed by atoms with E-state index < -0.39 is 0 Å². The zero-order valence-electron chi connectivity index (χ0n) is 7.48. The molecule has 2 atom stereocenters. The molecule has 1 saturated carbocycles. The van der Waals surface area contributed by atoms with Crippen LogP contribution in [0.15, 0.2) is 18.5 Å². The van der Waals surface area contributed by atoms with E-state index in [4.69, 9.17) is 5.73 Å². The number of nitrogens with zero attached hydrogens (tertiary/aromatic N) is 1. The van der Waals surface area contributed by atoms with E-state index >= 15 is 0 Å². The molecule has 0 amide bonds. The van der Waals surface area contributed by atoms with Crippen molar-refractivity contribution in [3.05, 3.63) is 24.0 Å². The van der Waals surface area contributed by atoms with Crippen LogP contribution in [-0.2, 0) is 0 Å². The quantitative estimate of drug-likeness (QED) is 0.681. The van der Waals surface area contributed by atoms with Gasteiger partial charge in [-0.3, -0.25) is 4.98 Å². The third-order valence-corrected chi connectivity index (χ3v) is 2.73. The van der Waals surface area contributed by atoms with Gasteiger partial charge in [0.15, 0.2) is 0 Å². The second-order valence-electron chi connectivity index (χ2n) is 3.67. The van der Waals surface area contributed by atoms with Gasteiger partial charge in [-0.05, 0) is 36.8 Å². The molecule has 13 heavy (non-hydrogen) atoms. The summed E-state index contributed by atoms with van der Waals surface area (Å²) >= 11 is 0. The van der Waals surface area contributed by atoms with Crippen LogP contribution in [-0.4, -0.2) is 16.2 Å². The largest absolute Gasteiger partial charge is 0.398 e. The average molecular weight is 178 g/mol. The number of nitrogens with two attached hydrogens (primary N) is 1. The van der Waals surface area contributed by atoms with E-state index in [2.05, 4.69) is 4.98 Å². The second kappa shape index (κ2) is 3.34. The highest BCUT2D eigenvalue weighted by Crippen LogP contribution is 2.36. The maximum Gasteiger partial charge on any atom is 0.0546 e. The molecule has 1 aromatic heterocycles. The lowest BCUT2D eigenvalue weighted by Gasteiger charge is -2.11. The maximum atomic E-state index is 9.39. The van der Waals surface area contributed by atoms with Crippen LogP contribution < -0.4 is 5.73 Å². The van der Waals surface area contributed by atoms with Crippen molar-refractivity contribution >= 4 is 5.69 Å². The van der Waals surface area contributed by atoms with Gasteiger partial charge in [-0.15, -0.1) is 0 Å². The molecule has 3 nitrogen and oxygen atoms in total. The second-order valence-corrected chi connectivity index (χ2v) is 3.67. The molecule has 0 spiro atoms. The number of aliphatic hydroxyl groups is 1. The van der Waals surface area contributed by atoms with Crippen LogP contribution in [0.1, 0.15) is 30.7 Å². The first-order valence-corrected chi connectivity index (χ1v) is 4.65. The minimum atomic E-state index is -0.149. The molecule has 0 aromatic carbocycles. The lowest BCUT2D eigenvalue weighted by molar-refractivity contribution is 0.181. The molecule has 0 bridgehead atoms. The minimum Gasteiger partial charge on any atom is -0.398 e. The maximum absolute atomic E-state index is 9.39. The van der Waals surface area contributed by atoms with Crippen LogP contribution in [0.5, 0.6) is 0 Å². The average Bonchev–Trinajstić information content (AvgIpc) is 2.53. The number of aromatic nitrogens is 1. The number of pyridine rings is 1. The molecular formula is C10H14N2O. The summed E-state index contributed by atoms with van der Waals surface area (Å²) in [5, 5.41) is 9.39. The fourth-order valence-electron chi connectivity index (χ4n) is 2.00. The summed E-state index contributed by atoms with van der Waals surface area (Å²) in [5.41, 5.74) is 7.72. The van der Waals surface area contributed by atoms with Crippen LogP contribution >= 0.6 is 0 Å². The molecule has 1 fully saturated rings. The van der Waals surface area contributed by atoms with Gasteiger partial charge in [0.05, 0.1) is 6.10 Å². The van der Waals surface area contributed by atoms with Gasteiger partial charge >= 0.3 is 0 Å². The Kier molecular flexibility index (Phi) is 2.19. The van der Waals surface area contributed by atoms with E-state index in [9.17, 15) is 5.11 Å². The summed E-state index contributed by atoms with van der Waals surface area (Å²) in [6, 6.07) is 1.82. The summed E-state index contributed by atoms with van der Waals surface area (Å²) < 4.78 is 0. The van der Waals surface area contributed by atoms with Crippen molar-refractivity contribution in [3.63, 3.8) is 0 Å². The van der Waals surface area contributed by atoms with Crippen LogP contribution in [0, 0.1) is 0 Å². The van der Waals surface area contributed by atoms with Gasteiger partial charge in [0.1, 0.15) is 0 Å². The summed E-state index contributed by atoms with van der Waals surface area (Å²) in [4.78, 5) is 4.05. The zero-order chi connectivity index (χ0) is 9.26. The number of rotatable bonds is 1. The van der Waals surface area contributed by atoms with Gasteiger partial charge in [-0.25, -0.2) is 0 Å². The lowest BCUT2D eigenvalue weighted by Crippen LogP contribution is -2.02. The standard InChI is InChI=1S/C10H14N2O/c11-10-3-4-12-6-9(10)7-1-2-8(13)5-7/h3-4,6-8,13H,1-2,5H2,(H2,11,12).